The quantitative estimate of drug-likeness (QED) is 0.669. The first-order valence-electron chi connectivity index (χ1n) is 5.66. The molecule has 0 heterocycles. The number of rotatable bonds is 5. The Bertz CT molecular complexity index is 490. The third-order valence-electron chi connectivity index (χ3n) is 2.30. The van der Waals surface area contributed by atoms with Crippen LogP contribution < -0.4 is 5.32 Å². The minimum Gasteiger partial charge on any atom is -0.327 e. The van der Waals surface area contributed by atoms with Gasteiger partial charge in [-0.05, 0) is 28.1 Å². The van der Waals surface area contributed by atoms with Crippen molar-refractivity contribution in [2.24, 2.45) is 0 Å². The molecule has 1 aromatic rings. The molecule has 0 aliphatic carbocycles. The van der Waals surface area contributed by atoms with Crippen molar-refractivity contribution in [1.29, 1.82) is 0 Å². The van der Waals surface area contributed by atoms with E-state index in [0.29, 0.717) is 18.8 Å². The van der Waals surface area contributed by atoms with Crippen LogP contribution in [-0.4, -0.2) is 29.8 Å². The van der Waals surface area contributed by atoms with Gasteiger partial charge in [0.15, 0.2) is 0 Å². The van der Waals surface area contributed by atoms with Gasteiger partial charge in [0, 0.05) is 17.6 Å². The van der Waals surface area contributed by atoms with E-state index in [9.17, 15) is 9.59 Å². The molecule has 0 bridgehead atoms. The van der Waals surface area contributed by atoms with Crippen molar-refractivity contribution >= 4 is 33.4 Å². The average molecular weight is 323 g/mol. The van der Waals surface area contributed by atoms with Gasteiger partial charge in [0.1, 0.15) is 0 Å². The maximum Gasteiger partial charge on any atom is 0.313 e. The zero-order valence-corrected chi connectivity index (χ0v) is 12.0. The van der Waals surface area contributed by atoms with Crippen molar-refractivity contribution in [3.8, 4) is 0 Å². The van der Waals surface area contributed by atoms with Gasteiger partial charge in [0.05, 0.1) is 5.69 Å². The molecule has 1 N–H and O–H groups in total. The maximum absolute atomic E-state index is 11.9. The van der Waals surface area contributed by atoms with Gasteiger partial charge in [-0.25, -0.2) is 0 Å². The van der Waals surface area contributed by atoms with E-state index in [-0.39, 0.29) is 0 Å². The molecule has 0 aliphatic rings. The van der Waals surface area contributed by atoms with Gasteiger partial charge in [-0.1, -0.05) is 24.3 Å². The summed E-state index contributed by atoms with van der Waals surface area (Å²) >= 11 is 3.30. The van der Waals surface area contributed by atoms with E-state index in [1.54, 1.807) is 30.4 Å². The molecule has 4 nitrogen and oxygen atoms in total. The highest BCUT2D eigenvalue weighted by atomic mass is 79.9. The zero-order valence-electron chi connectivity index (χ0n) is 10.4. The van der Waals surface area contributed by atoms with E-state index in [1.807, 2.05) is 6.07 Å². The number of hydrogen-bond acceptors (Lipinski definition) is 2. The largest absolute Gasteiger partial charge is 0.327 e. The summed E-state index contributed by atoms with van der Waals surface area (Å²) in [7, 11) is 0. The fourth-order valence-corrected chi connectivity index (χ4v) is 1.82. The Morgan fingerprint density at radius 2 is 1.79 bits per heavy atom. The van der Waals surface area contributed by atoms with Crippen LogP contribution in [0.4, 0.5) is 5.69 Å². The van der Waals surface area contributed by atoms with Crippen molar-refractivity contribution in [3.63, 3.8) is 0 Å². The summed E-state index contributed by atoms with van der Waals surface area (Å²) in [6, 6.07) is 7.09. The molecule has 100 valence electrons. The Morgan fingerprint density at radius 1 is 1.21 bits per heavy atom. The van der Waals surface area contributed by atoms with Crippen LogP contribution in [0, 0.1) is 0 Å². The number of benzene rings is 1. The molecule has 1 rings (SSSR count). The van der Waals surface area contributed by atoms with Crippen LogP contribution in [0.2, 0.25) is 0 Å². The number of carbonyl (C=O) groups excluding carboxylic acids is 2. The first-order valence-corrected chi connectivity index (χ1v) is 6.46. The fourth-order valence-electron chi connectivity index (χ4n) is 1.43. The Labute approximate surface area is 120 Å². The summed E-state index contributed by atoms with van der Waals surface area (Å²) in [5.74, 6) is -1.30. The molecule has 0 aromatic heterocycles. The molecule has 0 saturated carbocycles. The lowest BCUT2D eigenvalue weighted by atomic mass is 10.3. The van der Waals surface area contributed by atoms with E-state index in [4.69, 9.17) is 0 Å². The van der Waals surface area contributed by atoms with E-state index >= 15 is 0 Å². The monoisotopic (exact) mass is 322 g/mol. The fraction of sp³-hybridized carbons (Fsp3) is 0.143. The smallest absolute Gasteiger partial charge is 0.313 e. The third-order valence-corrected chi connectivity index (χ3v) is 2.99. The second kappa shape index (κ2) is 7.53. The minimum absolute atomic E-state index is 0.300. The van der Waals surface area contributed by atoms with Gasteiger partial charge in [0.25, 0.3) is 0 Å². The van der Waals surface area contributed by atoms with Crippen molar-refractivity contribution < 1.29 is 9.59 Å². The van der Waals surface area contributed by atoms with Crippen molar-refractivity contribution in [2.75, 3.05) is 18.4 Å². The molecular weight excluding hydrogens is 308 g/mol. The van der Waals surface area contributed by atoms with Gasteiger partial charge < -0.3 is 10.2 Å². The van der Waals surface area contributed by atoms with E-state index in [0.717, 1.165) is 4.47 Å². The van der Waals surface area contributed by atoms with Crippen molar-refractivity contribution in [1.82, 2.24) is 4.90 Å². The van der Waals surface area contributed by atoms with Crippen LogP contribution in [0.25, 0.3) is 0 Å². The molecule has 0 fully saturated rings. The number of para-hydroxylation sites is 1. The maximum atomic E-state index is 11.9. The number of carbonyl (C=O) groups is 2. The highest BCUT2D eigenvalue weighted by molar-refractivity contribution is 9.10. The van der Waals surface area contributed by atoms with Gasteiger partial charge in [-0.3, -0.25) is 9.59 Å². The molecular formula is C14H15BrN2O2. The topological polar surface area (TPSA) is 49.4 Å². The van der Waals surface area contributed by atoms with Gasteiger partial charge >= 0.3 is 11.8 Å². The van der Waals surface area contributed by atoms with Crippen molar-refractivity contribution in [2.45, 2.75) is 0 Å². The second-order valence-electron chi connectivity index (χ2n) is 3.72. The highest BCUT2D eigenvalue weighted by Crippen LogP contribution is 2.21. The lowest BCUT2D eigenvalue weighted by Crippen LogP contribution is -2.39. The summed E-state index contributed by atoms with van der Waals surface area (Å²) in [5, 5.41) is 2.56. The first kappa shape index (κ1) is 15.2. The van der Waals surface area contributed by atoms with Gasteiger partial charge in [0.2, 0.25) is 0 Å². The Morgan fingerprint density at radius 3 is 2.32 bits per heavy atom. The molecule has 0 radical (unpaired) electrons. The Kier molecular flexibility index (Phi) is 6.02. The Hall–Kier alpha value is -1.88. The average Bonchev–Trinajstić information content (AvgIpc) is 2.40. The van der Waals surface area contributed by atoms with Crippen LogP contribution in [0.15, 0.2) is 54.0 Å². The number of anilines is 1. The lowest BCUT2D eigenvalue weighted by Gasteiger charge is -2.18. The molecule has 0 aliphatic heterocycles. The first-order chi connectivity index (χ1) is 9.10. The van der Waals surface area contributed by atoms with Crippen LogP contribution in [0.1, 0.15) is 0 Å². The molecule has 0 saturated heterocycles. The highest BCUT2D eigenvalue weighted by Gasteiger charge is 2.20. The normalized spacial score (nSPS) is 9.53. The SMILES string of the molecule is C=CCN(CC=C)C(=O)C(=O)Nc1ccccc1Br. The number of nitrogens with one attached hydrogen (secondary N) is 1. The molecule has 1 aromatic carbocycles. The lowest BCUT2D eigenvalue weighted by molar-refractivity contribution is -0.142. The van der Waals surface area contributed by atoms with E-state index < -0.39 is 11.8 Å². The third kappa shape index (κ3) is 4.37. The predicted octanol–water partition coefficient (Wildman–Crippen LogP) is 2.59. The summed E-state index contributed by atoms with van der Waals surface area (Å²) in [4.78, 5) is 25.2. The molecule has 0 atom stereocenters. The van der Waals surface area contributed by atoms with Crippen molar-refractivity contribution in [3.05, 3.63) is 54.0 Å². The number of hydrogen-bond donors (Lipinski definition) is 1. The number of halogens is 1. The summed E-state index contributed by atoms with van der Waals surface area (Å²) in [6.45, 7) is 7.71. The van der Waals surface area contributed by atoms with Gasteiger partial charge in [-0.2, -0.15) is 0 Å². The molecule has 5 heteroatoms. The minimum atomic E-state index is -0.685. The molecule has 0 unspecified atom stereocenters. The summed E-state index contributed by atoms with van der Waals surface area (Å²) in [5.41, 5.74) is 0.554. The van der Waals surface area contributed by atoms with E-state index in [2.05, 4.69) is 34.4 Å². The molecule has 2 amide bonds. The summed E-state index contributed by atoms with van der Waals surface area (Å²) < 4.78 is 0.718. The number of nitrogens with zero attached hydrogens (tertiary/aromatic N) is 1. The molecule has 19 heavy (non-hydrogen) atoms. The number of amides is 2. The zero-order chi connectivity index (χ0) is 14.3. The second-order valence-corrected chi connectivity index (χ2v) is 4.58. The van der Waals surface area contributed by atoms with Crippen LogP contribution in [-0.2, 0) is 9.59 Å². The predicted molar refractivity (Wildman–Crippen MR) is 79.7 cm³/mol. The standard InChI is InChI=1S/C14H15BrN2O2/c1-3-9-17(10-4-2)14(19)13(18)16-12-8-6-5-7-11(12)15/h3-8H,1-2,9-10H2,(H,16,18). The van der Waals surface area contributed by atoms with Crippen LogP contribution in [0.3, 0.4) is 0 Å². The summed E-state index contributed by atoms with van der Waals surface area (Å²) in [6.07, 6.45) is 3.13. The van der Waals surface area contributed by atoms with Crippen LogP contribution >= 0.6 is 15.9 Å². The molecule has 0 spiro atoms. The van der Waals surface area contributed by atoms with E-state index in [1.165, 1.54) is 4.90 Å². The van der Waals surface area contributed by atoms with Gasteiger partial charge in [-0.15, -0.1) is 13.2 Å². The Balaban J connectivity index is 2.76. The van der Waals surface area contributed by atoms with Crippen LogP contribution in [0.5, 0.6) is 0 Å².